The molecule has 0 aromatic carbocycles. The zero-order chi connectivity index (χ0) is 18.9. The largest absolute Gasteiger partial charge is 0.516 e. The smallest absolute Gasteiger partial charge is 0.458 e. The van der Waals surface area contributed by atoms with Gasteiger partial charge < -0.3 is 4.74 Å². The first-order valence-corrected chi connectivity index (χ1v) is 10.2. The van der Waals surface area contributed by atoms with Crippen LogP contribution in [-0.2, 0) is 14.8 Å². The van der Waals surface area contributed by atoms with Crippen LogP contribution in [0.3, 0.4) is 0 Å². The average molecular weight is 408 g/mol. The van der Waals surface area contributed by atoms with Crippen LogP contribution in [0.2, 0.25) is 0 Å². The van der Waals surface area contributed by atoms with Gasteiger partial charge in [0.1, 0.15) is 15.8 Å². The number of nitrogens with one attached hydrogen (secondary N) is 1. The van der Waals surface area contributed by atoms with E-state index in [1.165, 1.54) is 23.1 Å². The SMILES string of the molecule is O=C(OC1CCCCC1)c1sc2ncccc2c1NS(=O)(=O)C(F)(F)F. The quantitative estimate of drug-likeness (QED) is 0.772. The highest BCUT2D eigenvalue weighted by Gasteiger charge is 2.47. The number of alkyl halides is 3. The Bertz CT molecular complexity index is 919. The van der Waals surface area contributed by atoms with Crippen LogP contribution >= 0.6 is 11.3 Å². The summed E-state index contributed by atoms with van der Waals surface area (Å²) in [5.41, 5.74) is -5.95. The number of hydrogen-bond donors (Lipinski definition) is 1. The van der Waals surface area contributed by atoms with Crippen molar-refractivity contribution in [2.75, 3.05) is 4.72 Å². The second-order valence-corrected chi connectivity index (χ2v) is 8.55. The van der Waals surface area contributed by atoms with E-state index in [1.807, 2.05) is 0 Å². The van der Waals surface area contributed by atoms with E-state index in [2.05, 4.69) is 4.98 Å². The Labute approximate surface area is 151 Å². The maximum Gasteiger partial charge on any atom is 0.516 e. The van der Waals surface area contributed by atoms with Gasteiger partial charge in [-0.2, -0.15) is 21.6 Å². The van der Waals surface area contributed by atoms with Crippen molar-refractivity contribution >= 4 is 43.2 Å². The van der Waals surface area contributed by atoms with Crippen LogP contribution in [0.1, 0.15) is 41.8 Å². The van der Waals surface area contributed by atoms with Crippen LogP contribution in [0.4, 0.5) is 18.9 Å². The molecule has 2 heterocycles. The lowest BCUT2D eigenvalue weighted by atomic mass is 9.98. The summed E-state index contributed by atoms with van der Waals surface area (Å²) in [6.07, 6.45) is 5.28. The van der Waals surface area contributed by atoms with Crippen molar-refractivity contribution in [1.29, 1.82) is 0 Å². The van der Waals surface area contributed by atoms with Crippen molar-refractivity contribution in [3.63, 3.8) is 0 Å². The molecule has 26 heavy (non-hydrogen) atoms. The highest BCUT2D eigenvalue weighted by molar-refractivity contribution is 7.93. The molecule has 6 nitrogen and oxygen atoms in total. The Kier molecular flexibility index (Phi) is 5.11. The Hall–Kier alpha value is -1.88. The maximum atomic E-state index is 12.8. The number of ether oxygens (including phenoxy) is 1. The minimum absolute atomic E-state index is 0.112. The van der Waals surface area contributed by atoms with Crippen LogP contribution in [-0.4, -0.2) is 31.0 Å². The molecule has 142 valence electrons. The Morgan fingerprint density at radius 3 is 2.62 bits per heavy atom. The highest BCUT2D eigenvalue weighted by Crippen LogP contribution is 2.38. The van der Waals surface area contributed by atoms with Gasteiger partial charge in [0, 0.05) is 11.6 Å². The summed E-state index contributed by atoms with van der Waals surface area (Å²) in [5.74, 6) is -0.847. The molecular weight excluding hydrogens is 393 g/mol. The molecule has 0 saturated heterocycles. The van der Waals surface area contributed by atoms with Crippen LogP contribution in [0.5, 0.6) is 0 Å². The predicted octanol–water partition coefficient (Wildman–Crippen LogP) is 4.05. The van der Waals surface area contributed by atoms with Crippen molar-refractivity contribution in [3.8, 4) is 0 Å². The molecule has 1 saturated carbocycles. The number of sulfonamides is 1. The second-order valence-electron chi connectivity index (χ2n) is 5.88. The lowest BCUT2D eigenvalue weighted by Crippen LogP contribution is -2.30. The van der Waals surface area contributed by atoms with E-state index in [0.29, 0.717) is 12.8 Å². The lowest BCUT2D eigenvalue weighted by molar-refractivity contribution is -0.0429. The molecule has 2 aromatic rings. The number of thiophene rings is 1. The van der Waals surface area contributed by atoms with Crippen molar-refractivity contribution < 1.29 is 31.1 Å². The molecule has 0 unspecified atom stereocenters. The molecule has 0 amide bonds. The van der Waals surface area contributed by atoms with Crippen LogP contribution in [0.25, 0.3) is 10.2 Å². The third-order valence-electron chi connectivity index (χ3n) is 4.02. The highest BCUT2D eigenvalue weighted by atomic mass is 32.2. The van der Waals surface area contributed by atoms with Gasteiger partial charge in [-0.15, -0.1) is 11.3 Å². The summed E-state index contributed by atoms with van der Waals surface area (Å²) < 4.78 is 68.2. The van der Waals surface area contributed by atoms with Gasteiger partial charge in [0.2, 0.25) is 0 Å². The molecule has 1 fully saturated rings. The van der Waals surface area contributed by atoms with E-state index >= 15 is 0 Å². The molecule has 1 aliphatic rings. The number of esters is 1. The second kappa shape index (κ2) is 7.03. The first-order chi connectivity index (χ1) is 12.2. The number of pyridine rings is 1. The molecule has 0 spiro atoms. The van der Waals surface area contributed by atoms with Crippen molar-refractivity contribution in [1.82, 2.24) is 4.98 Å². The number of nitrogens with zero attached hydrogens (tertiary/aromatic N) is 1. The third kappa shape index (κ3) is 3.78. The van der Waals surface area contributed by atoms with Crippen molar-refractivity contribution in [3.05, 3.63) is 23.2 Å². The average Bonchev–Trinajstić information content (AvgIpc) is 2.93. The number of carbonyl (C=O) groups excluding carboxylic acids is 1. The van der Waals surface area contributed by atoms with E-state index in [-0.39, 0.29) is 21.2 Å². The maximum absolute atomic E-state index is 12.8. The zero-order valence-electron chi connectivity index (χ0n) is 13.4. The Balaban J connectivity index is 1.98. The minimum atomic E-state index is -5.68. The first kappa shape index (κ1) is 18.9. The number of anilines is 1. The van der Waals surface area contributed by atoms with Gasteiger partial charge in [-0.05, 0) is 37.8 Å². The summed E-state index contributed by atoms with van der Waals surface area (Å²) in [5, 5.41) is 0.112. The van der Waals surface area contributed by atoms with Gasteiger partial charge in [-0.25, -0.2) is 9.78 Å². The normalized spacial score (nSPS) is 16.6. The molecular formula is C15H15F3N2O4S2. The predicted molar refractivity (Wildman–Crippen MR) is 90.5 cm³/mol. The molecule has 1 aliphatic carbocycles. The fourth-order valence-electron chi connectivity index (χ4n) is 2.76. The number of aromatic nitrogens is 1. The molecule has 0 radical (unpaired) electrons. The molecule has 1 N–H and O–H groups in total. The fraction of sp³-hybridized carbons (Fsp3) is 0.467. The number of hydrogen-bond acceptors (Lipinski definition) is 6. The molecule has 0 bridgehead atoms. The van der Waals surface area contributed by atoms with Crippen LogP contribution in [0.15, 0.2) is 18.3 Å². The van der Waals surface area contributed by atoms with Gasteiger partial charge in [0.05, 0.1) is 5.69 Å². The van der Waals surface area contributed by atoms with Gasteiger partial charge >= 0.3 is 21.5 Å². The molecule has 0 aliphatic heterocycles. The third-order valence-corrected chi connectivity index (χ3v) is 6.19. The zero-order valence-corrected chi connectivity index (χ0v) is 15.0. The van der Waals surface area contributed by atoms with E-state index < -0.39 is 27.2 Å². The Morgan fingerprint density at radius 2 is 1.96 bits per heavy atom. The van der Waals surface area contributed by atoms with Crippen LogP contribution < -0.4 is 4.72 Å². The number of rotatable bonds is 4. The van der Waals surface area contributed by atoms with E-state index in [0.717, 1.165) is 30.6 Å². The summed E-state index contributed by atoms with van der Waals surface area (Å²) in [6, 6.07) is 2.83. The van der Waals surface area contributed by atoms with Gasteiger partial charge in [-0.1, -0.05) is 6.42 Å². The van der Waals surface area contributed by atoms with Gasteiger partial charge in [-0.3, -0.25) is 4.72 Å². The van der Waals surface area contributed by atoms with E-state index in [9.17, 15) is 26.4 Å². The Morgan fingerprint density at radius 1 is 1.27 bits per heavy atom. The topological polar surface area (TPSA) is 85.4 Å². The standard InChI is InChI=1S/C15H15F3N2O4S2/c16-15(17,18)26(22,23)20-11-10-7-4-8-19-13(10)25-12(11)14(21)24-9-5-2-1-3-6-9/h4,7-9,20H,1-3,5-6H2. The van der Waals surface area contributed by atoms with Gasteiger partial charge in [0.25, 0.3) is 0 Å². The summed E-state index contributed by atoms with van der Waals surface area (Å²) in [6.45, 7) is 0. The number of halogens is 3. The van der Waals surface area contributed by atoms with Crippen molar-refractivity contribution in [2.24, 2.45) is 0 Å². The first-order valence-electron chi connectivity index (χ1n) is 7.86. The number of carbonyl (C=O) groups is 1. The summed E-state index contributed by atoms with van der Waals surface area (Å²) in [7, 11) is -5.68. The summed E-state index contributed by atoms with van der Waals surface area (Å²) >= 11 is 0.792. The van der Waals surface area contributed by atoms with E-state index in [1.54, 1.807) is 0 Å². The molecule has 11 heteroatoms. The molecule has 3 rings (SSSR count). The monoisotopic (exact) mass is 408 g/mol. The number of fused-ring (bicyclic) bond motifs is 1. The summed E-state index contributed by atoms with van der Waals surface area (Å²) in [4.78, 5) is 16.5. The van der Waals surface area contributed by atoms with Crippen LogP contribution in [0, 0.1) is 0 Å². The molecule has 2 aromatic heterocycles. The lowest BCUT2D eigenvalue weighted by Gasteiger charge is -2.21. The molecule has 0 atom stereocenters. The van der Waals surface area contributed by atoms with E-state index in [4.69, 9.17) is 4.74 Å². The minimum Gasteiger partial charge on any atom is -0.458 e. The van der Waals surface area contributed by atoms with Gasteiger partial charge in [0.15, 0.2) is 0 Å². The fourth-order valence-corrected chi connectivity index (χ4v) is 4.40. The van der Waals surface area contributed by atoms with Crippen molar-refractivity contribution in [2.45, 2.75) is 43.7 Å².